The van der Waals surface area contributed by atoms with Crippen LogP contribution >= 0.6 is 11.6 Å². The van der Waals surface area contributed by atoms with Crippen molar-refractivity contribution in [3.63, 3.8) is 0 Å². The topological polar surface area (TPSA) is 118 Å². The predicted molar refractivity (Wildman–Crippen MR) is 134 cm³/mol. The van der Waals surface area contributed by atoms with E-state index < -0.39 is 11.7 Å². The van der Waals surface area contributed by atoms with E-state index >= 15 is 0 Å². The van der Waals surface area contributed by atoms with Crippen LogP contribution in [0.25, 0.3) is 5.82 Å². The maximum atomic E-state index is 14.5. The van der Waals surface area contributed by atoms with Crippen LogP contribution < -0.4 is 15.4 Å². The van der Waals surface area contributed by atoms with Crippen LogP contribution in [0.3, 0.4) is 0 Å². The largest absolute Gasteiger partial charge is 0.496 e. The van der Waals surface area contributed by atoms with Crippen LogP contribution in [0.2, 0.25) is 5.02 Å². The van der Waals surface area contributed by atoms with Crippen LogP contribution in [0.1, 0.15) is 41.4 Å². The molecule has 0 aliphatic carbocycles. The Morgan fingerprint density at radius 2 is 2.00 bits per heavy atom. The highest BCUT2D eigenvalue weighted by atomic mass is 35.5. The van der Waals surface area contributed by atoms with E-state index in [0.29, 0.717) is 5.75 Å². The minimum Gasteiger partial charge on any atom is -0.496 e. The zero-order valence-corrected chi connectivity index (χ0v) is 20.3. The van der Waals surface area contributed by atoms with E-state index in [0.717, 1.165) is 11.8 Å². The standard InChI is InChI=1S/C25H21ClFN7O2/c1-14(2)19-10-11-34(33-19)23-17(26)13-29-25(32-23)31-22-16(12-28)18(27)8-9-20(22)30-24(35)15-6-4-5-7-21(15)36-3/h4-11,13-14H,1-3H3,(H,30,35)(H,29,31,32). The molecule has 0 saturated heterocycles. The van der Waals surface area contributed by atoms with Crippen molar-refractivity contribution in [1.82, 2.24) is 19.7 Å². The zero-order chi connectivity index (χ0) is 25.8. The normalized spacial score (nSPS) is 10.7. The van der Waals surface area contributed by atoms with Crippen LogP contribution in [-0.2, 0) is 0 Å². The Labute approximate surface area is 211 Å². The second kappa shape index (κ2) is 10.4. The Morgan fingerprint density at radius 3 is 2.69 bits per heavy atom. The molecule has 2 aromatic carbocycles. The molecular weight excluding hydrogens is 485 g/mol. The average Bonchev–Trinajstić information content (AvgIpc) is 3.37. The van der Waals surface area contributed by atoms with Gasteiger partial charge >= 0.3 is 0 Å². The van der Waals surface area contributed by atoms with Crippen molar-refractivity contribution in [2.75, 3.05) is 17.7 Å². The number of benzene rings is 2. The van der Waals surface area contributed by atoms with Gasteiger partial charge in [0, 0.05) is 6.20 Å². The molecule has 0 aliphatic rings. The number of nitrogens with zero attached hydrogens (tertiary/aromatic N) is 5. The smallest absolute Gasteiger partial charge is 0.259 e. The third-order valence-electron chi connectivity index (χ3n) is 5.25. The summed E-state index contributed by atoms with van der Waals surface area (Å²) in [6, 6.07) is 12.7. The summed E-state index contributed by atoms with van der Waals surface area (Å²) < 4.78 is 21.3. The number of halogens is 2. The van der Waals surface area contributed by atoms with Crippen molar-refractivity contribution >= 4 is 34.8 Å². The number of aromatic nitrogens is 4. The lowest BCUT2D eigenvalue weighted by Crippen LogP contribution is -2.15. The van der Waals surface area contributed by atoms with Crippen molar-refractivity contribution in [1.29, 1.82) is 5.26 Å². The van der Waals surface area contributed by atoms with Crippen LogP contribution in [0.15, 0.2) is 54.9 Å². The molecule has 0 spiro atoms. The van der Waals surface area contributed by atoms with Gasteiger partial charge in [-0.25, -0.2) is 14.1 Å². The van der Waals surface area contributed by atoms with Gasteiger partial charge < -0.3 is 15.4 Å². The number of methoxy groups -OCH3 is 1. The highest BCUT2D eigenvalue weighted by Crippen LogP contribution is 2.32. The van der Waals surface area contributed by atoms with E-state index in [1.807, 2.05) is 26.0 Å². The molecule has 2 aromatic heterocycles. The minimum atomic E-state index is -0.780. The number of rotatable bonds is 7. The van der Waals surface area contributed by atoms with Crippen molar-refractivity contribution in [2.45, 2.75) is 19.8 Å². The predicted octanol–water partition coefficient (Wildman–Crippen LogP) is 5.45. The highest BCUT2D eigenvalue weighted by Gasteiger charge is 2.20. The van der Waals surface area contributed by atoms with E-state index in [1.165, 1.54) is 24.1 Å². The van der Waals surface area contributed by atoms with Gasteiger partial charge in [-0.15, -0.1) is 0 Å². The number of anilines is 3. The average molecular weight is 506 g/mol. The van der Waals surface area contributed by atoms with Gasteiger partial charge in [0.2, 0.25) is 5.95 Å². The van der Waals surface area contributed by atoms with Gasteiger partial charge in [-0.05, 0) is 36.2 Å². The SMILES string of the molecule is COc1ccccc1C(=O)Nc1ccc(F)c(C#N)c1Nc1ncc(Cl)c(-n2ccc(C(C)C)n2)n1. The molecule has 2 heterocycles. The number of hydrogen-bond acceptors (Lipinski definition) is 7. The van der Waals surface area contributed by atoms with Crippen LogP contribution in [-0.4, -0.2) is 32.8 Å². The molecule has 0 radical (unpaired) electrons. The summed E-state index contributed by atoms with van der Waals surface area (Å²) >= 11 is 6.31. The summed E-state index contributed by atoms with van der Waals surface area (Å²) in [5, 5.41) is 19.9. The third kappa shape index (κ3) is 4.96. The number of hydrogen-bond donors (Lipinski definition) is 2. The van der Waals surface area contributed by atoms with Crippen molar-refractivity contribution < 1.29 is 13.9 Å². The molecule has 0 aliphatic heterocycles. The van der Waals surface area contributed by atoms with Gasteiger partial charge in [0.1, 0.15) is 28.2 Å². The summed E-state index contributed by atoms with van der Waals surface area (Å²) in [4.78, 5) is 21.5. The molecule has 1 amide bonds. The quantitative estimate of drug-likeness (QED) is 0.342. The van der Waals surface area contributed by atoms with Gasteiger partial charge in [0.25, 0.3) is 5.91 Å². The molecule has 0 fully saturated rings. The summed E-state index contributed by atoms with van der Waals surface area (Å²) in [6.07, 6.45) is 3.08. The maximum absolute atomic E-state index is 14.5. The van der Waals surface area contributed by atoms with E-state index in [2.05, 4.69) is 25.7 Å². The Kier molecular flexibility index (Phi) is 7.12. The van der Waals surface area contributed by atoms with Gasteiger partial charge in [-0.1, -0.05) is 37.6 Å². The molecule has 0 bridgehead atoms. The second-order valence-corrected chi connectivity index (χ2v) is 8.35. The molecule has 0 unspecified atom stereocenters. The highest BCUT2D eigenvalue weighted by molar-refractivity contribution is 6.32. The number of nitriles is 1. The van der Waals surface area contributed by atoms with Crippen molar-refractivity contribution in [3.05, 3.63) is 82.5 Å². The number of ether oxygens (including phenoxy) is 1. The molecule has 0 saturated carbocycles. The second-order valence-electron chi connectivity index (χ2n) is 7.94. The molecule has 0 atom stereocenters. The van der Waals surface area contributed by atoms with Gasteiger partial charge in [-0.3, -0.25) is 4.79 Å². The van der Waals surface area contributed by atoms with Crippen molar-refractivity contribution in [3.8, 4) is 17.6 Å². The van der Waals surface area contributed by atoms with Crippen molar-refractivity contribution in [2.24, 2.45) is 0 Å². The summed E-state index contributed by atoms with van der Waals surface area (Å²) in [5.74, 6) is -0.428. The first-order chi connectivity index (χ1) is 17.3. The fourth-order valence-electron chi connectivity index (χ4n) is 3.40. The first kappa shape index (κ1) is 24.6. The first-order valence-electron chi connectivity index (χ1n) is 10.8. The minimum absolute atomic E-state index is 0.0163. The van der Waals surface area contributed by atoms with Crippen LogP contribution in [0, 0.1) is 17.1 Å². The van der Waals surface area contributed by atoms with E-state index in [-0.39, 0.29) is 45.2 Å². The molecule has 182 valence electrons. The Balaban J connectivity index is 1.72. The number of para-hydroxylation sites is 1. The van der Waals surface area contributed by atoms with Crippen LogP contribution in [0.4, 0.5) is 21.7 Å². The number of amides is 1. The molecule has 4 rings (SSSR count). The van der Waals surface area contributed by atoms with E-state index in [4.69, 9.17) is 16.3 Å². The lowest BCUT2D eigenvalue weighted by atomic mass is 10.1. The molecule has 2 N–H and O–H groups in total. The Bertz CT molecular complexity index is 1480. The Hall–Kier alpha value is -4.49. The summed E-state index contributed by atoms with van der Waals surface area (Å²) in [5.41, 5.74) is 0.910. The fraction of sp³-hybridized carbons (Fsp3) is 0.160. The number of carbonyl (C=O) groups is 1. The molecule has 11 heteroatoms. The van der Waals surface area contributed by atoms with Gasteiger partial charge in [0.05, 0.1) is 35.9 Å². The van der Waals surface area contributed by atoms with Gasteiger partial charge in [0.15, 0.2) is 5.82 Å². The van der Waals surface area contributed by atoms with E-state index in [9.17, 15) is 14.4 Å². The Morgan fingerprint density at radius 1 is 1.22 bits per heavy atom. The lowest BCUT2D eigenvalue weighted by molar-refractivity contribution is 0.102. The summed E-state index contributed by atoms with van der Waals surface area (Å²) in [6.45, 7) is 4.02. The monoisotopic (exact) mass is 505 g/mol. The lowest BCUT2D eigenvalue weighted by Gasteiger charge is -2.16. The first-order valence-corrected chi connectivity index (χ1v) is 11.2. The molecular formula is C25H21ClFN7O2. The third-order valence-corrected chi connectivity index (χ3v) is 5.51. The number of nitrogens with one attached hydrogen (secondary N) is 2. The van der Waals surface area contributed by atoms with Crippen LogP contribution in [0.5, 0.6) is 5.75 Å². The zero-order valence-electron chi connectivity index (χ0n) is 19.6. The number of carbonyl (C=O) groups excluding carboxylic acids is 1. The van der Waals surface area contributed by atoms with Gasteiger partial charge in [-0.2, -0.15) is 15.3 Å². The molecule has 4 aromatic rings. The molecule has 9 nitrogen and oxygen atoms in total. The fourth-order valence-corrected chi connectivity index (χ4v) is 3.57. The summed E-state index contributed by atoms with van der Waals surface area (Å²) in [7, 11) is 1.45. The van der Waals surface area contributed by atoms with E-state index in [1.54, 1.807) is 30.5 Å². The molecule has 36 heavy (non-hydrogen) atoms. The maximum Gasteiger partial charge on any atom is 0.259 e.